The second-order valence-electron chi connectivity index (χ2n) is 6.90. The molecule has 3 rings (SSSR count). The van der Waals surface area contributed by atoms with Crippen LogP contribution in [-0.4, -0.2) is 60.5 Å². The van der Waals surface area contributed by atoms with Crippen molar-refractivity contribution in [2.75, 3.05) is 26.7 Å². The molecule has 7 heteroatoms. The molecule has 2 aliphatic heterocycles. The quantitative estimate of drug-likeness (QED) is 0.881. The Balaban J connectivity index is 1.50. The molecule has 0 saturated carbocycles. The number of hydrogen-bond donors (Lipinski definition) is 1. The zero-order valence-corrected chi connectivity index (χ0v) is 15.0. The molecule has 140 valence electrons. The van der Waals surface area contributed by atoms with Gasteiger partial charge in [-0.25, -0.2) is 4.79 Å². The summed E-state index contributed by atoms with van der Waals surface area (Å²) in [5.74, 6) is -0.184. The average Bonchev–Trinajstić information content (AvgIpc) is 3.03. The van der Waals surface area contributed by atoms with Gasteiger partial charge in [-0.05, 0) is 18.4 Å². The van der Waals surface area contributed by atoms with E-state index in [4.69, 9.17) is 0 Å². The number of amides is 3. The van der Waals surface area contributed by atoms with Crippen LogP contribution in [0.5, 0.6) is 0 Å². The summed E-state index contributed by atoms with van der Waals surface area (Å²) >= 11 is 0. The number of carbonyl (C=O) groups excluding carboxylic acids is 3. The number of nitrogens with one attached hydrogen (secondary N) is 1. The van der Waals surface area contributed by atoms with E-state index >= 15 is 0 Å². The molecule has 3 amide bonds. The molecular formula is C19H25N3O4. The van der Waals surface area contributed by atoms with Crippen molar-refractivity contribution in [1.82, 2.24) is 15.1 Å². The molecule has 0 aliphatic carbocycles. The number of rotatable bonds is 4. The molecule has 0 spiro atoms. The van der Waals surface area contributed by atoms with Crippen LogP contribution in [0.2, 0.25) is 0 Å². The van der Waals surface area contributed by atoms with Gasteiger partial charge < -0.3 is 19.9 Å². The number of hydrogen-bond acceptors (Lipinski definition) is 4. The third kappa shape index (κ3) is 4.33. The lowest BCUT2D eigenvalue weighted by atomic mass is 10.0. The minimum Gasteiger partial charge on any atom is -0.453 e. The van der Waals surface area contributed by atoms with E-state index in [-0.39, 0.29) is 30.2 Å². The third-order valence-corrected chi connectivity index (χ3v) is 5.09. The Morgan fingerprint density at radius 2 is 1.88 bits per heavy atom. The number of carbonyl (C=O) groups is 3. The van der Waals surface area contributed by atoms with Crippen molar-refractivity contribution in [2.24, 2.45) is 5.92 Å². The van der Waals surface area contributed by atoms with Gasteiger partial charge in [0.2, 0.25) is 11.8 Å². The van der Waals surface area contributed by atoms with E-state index in [2.05, 4.69) is 10.1 Å². The van der Waals surface area contributed by atoms with Gasteiger partial charge in [0.05, 0.1) is 13.0 Å². The molecule has 0 radical (unpaired) electrons. The number of alkyl carbamates (subject to hydrolysis) is 1. The molecule has 1 unspecified atom stereocenters. The van der Waals surface area contributed by atoms with Gasteiger partial charge in [-0.2, -0.15) is 0 Å². The lowest BCUT2D eigenvalue weighted by Crippen LogP contribution is -2.48. The first-order valence-corrected chi connectivity index (χ1v) is 9.02. The van der Waals surface area contributed by atoms with Crippen molar-refractivity contribution >= 4 is 17.9 Å². The van der Waals surface area contributed by atoms with Gasteiger partial charge in [-0.15, -0.1) is 0 Å². The number of nitrogens with zero attached hydrogens (tertiary/aromatic N) is 2. The lowest BCUT2D eigenvalue weighted by molar-refractivity contribution is -0.136. The average molecular weight is 359 g/mol. The van der Waals surface area contributed by atoms with Crippen LogP contribution in [0, 0.1) is 5.92 Å². The van der Waals surface area contributed by atoms with E-state index in [1.165, 1.54) is 7.11 Å². The summed E-state index contributed by atoms with van der Waals surface area (Å²) < 4.78 is 4.61. The van der Waals surface area contributed by atoms with E-state index in [0.29, 0.717) is 39.0 Å². The predicted octanol–water partition coefficient (Wildman–Crippen LogP) is 1.38. The Kier molecular flexibility index (Phi) is 5.75. The Hall–Kier alpha value is -2.57. The number of piperidine rings is 1. The van der Waals surface area contributed by atoms with Crippen LogP contribution in [-0.2, 0) is 20.9 Å². The zero-order valence-electron chi connectivity index (χ0n) is 15.0. The second kappa shape index (κ2) is 8.21. The minimum atomic E-state index is -0.437. The summed E-state index contributed by atoms with van der Waals surface area (Å²) in [6, 6.07) is 9.85. The Bertz CT molecular complexity index is 656. The Morgan fingerprint density at radius 3 is 2.54 bits per heavy atom. The Morgan fingerprint density at radius 1 is 1.19 bits per heavy atom. The number of ether oxygens (including phenoxy) is 1. The maximum atomic E-state index is 12.8. The van der Waals surface area contributed by atoms with Gasteiger partial charge in [-0.1, -0.05) is 30.3 Å². The van der Waals surface area contributed by atoms with Crippen LogP contribution < -0.4 is 5.32 Å². The summed E-state index contributed by atoms with van der Waals surface area (Å²) in [5, 5.41) is 2.78. The highest BCUT2D eigenvalue weighted by Gasteiger charge is 2.37. The molecule has 26 heavy (non-hydrogen) atoms. The first-order chi connectivity index (χ1) is 12.6. The molecule has 1 atom stereocenters. The van der Waals surface area contributed by atoms with Crippen molar-refractivity contribution in [3.8, 4) is 0 Å². The van der Waals surface area contributed by atoms with Gasteiger partial charge in [-0.3, -0.25) is 9.59 Å². The normalized spacial score (nSPS) is 21.0. The molecule has 2 heterocycles. The molecule has 0 aromatic heterocycles. The number of likely N-dealkylation sites (tertiary alicyclic amines) is 2. The van der Waals surface area contributed by atoms with Crippen LogP contribution in [0.4, 0.5) is 4.79 Å². The zero-order chi connectivity index (χ0) is 18.5. The topological polar surface area (TPSA) is 79.0 Å². The standard InChI is InChI=1S/C19H25N3O4/c1-26-19(25)20-16-7-9-21(10-8-16)18(24)15-11-17(23)22(13-15)12-14-5-3-2-4-6-14/h2-6,15-16H,7-13H2,1H3,(H,20,25). The van der Waals surface area contributed by atoms with Crippen molar-refractivity contribution in [2.45, 2.75) is 31.8 Å². The van der Waals surface area contributed by atoms with E-state index in [1.807, 2.05) is 35.2 Å². The minimum absolute atomic E-state index is 0.0336. The molecule has 1 aromatic carbocycles. The molecule has 2 aliphatic rings. The summed E-state index contributed by atoms with van der Waals surface area (Å²) in [6.07, 6.45) is 1.25. The summed E-state index contributed by atoms with van der Waals surface area (Å²) in [7, 11) is 1.34. The predicted molar refractivity (Wildman–Crippen MR) is 95.1 cm³/mol. The van der Waals surface area contributed by atoms with Gasteiger partial charge in [0, 0.05) is 38.6 Å². The van der Waals surface area contributed by atoms with E-state index in [9.17, 15) is 14.4 Å². The molecule has 2 saturated heterocycles. The fourth-order valence-electron chi connectivity index (χ4n) is 3.62. The first kappa shape index (κ1) is 18.2. The van der Waals surface area contributed by atoms with Crippen LogP contribution >= 0.6 is 0 Å². The van der Waals surface area contributed by atoms with Gasteiger partial charge in [0.1, 0.15) is 0 Å². The van der Waals surface area contributed by atoms with Crippen molar-refractivity contribution in [1.29, 1.82) is 0 Å². The van der Waals surface area contributed by atoms with E-state index < -0.39 is 6.09 Å². The van der Waals surface area contributed by atoms with E-state index in [1.54, 1.807) is 4.90 Å². The SMILES string of the molecule is COC(=O)NC1CCN(C(=O)C2CC(=O)N(Cc3ccccc3)C2)CC1. The van der Waals surface area contributed by atoms with Crippen molar-refractivity contribution in [3.05, 3.63) is 35.9 Å². The molecular weight excluding hydrogens is 334 g/mol. The first-order valence-electron chi connectivity index (χ1n) is 9.02. The fourth-order valence-corrected chi connectivity index (χ4v) is 3.62. The Labute approximate surface area is 153 Å². The molecule has 7 nitrogen and oxygen atoms in total. The van der Waals surface area contributed by atoms with Gasteiger partial charge >= 0.3 is 6.09 Å². The smallest absolute Gasteiger partial charge is 0.407 e. The molecule has 0 bridgehead atoms. The highest BCUT2D eigenvalue weighted by molar-refractivity contribution is 5.89. The highest BCUT2D eigenvalue weighted by atomic mass is 16.5. The van der Waals surface area contributed by atoms with Crippen molar-refractivity contribution < 1.29 is 19.1 Å². The lowest BCUT2D eigenvalue weighted by Gasteiger charge is -2.33. The monoisotopic (exact) mass is 359 g/mol. The highest BCUT2D eigenvalue weighted by Crippen LogP contribution is 2.24. The number of methoxy groups -OCH3 is 1. The molecule has 2 fully saturated rings. The summed E-state index contributed by atoms with van der Waals surface area (Å²) in [6.45, 7) is 2.22. The second-order valence-corrected chi connectivity index (χ2v) is 6.90. The van der Waals surface area contributed by atoms with Gasteiger partial charge in [0.15, 0.2) is 0 Å². The maximum absolute atomic E-state index is 12.8. The van der Waals surface area contributed by atoms with Crippen LogP contribution in [0.25, 0.3) is 0 Å². The summed E-state index contributed by atoms with van der Waals surface area (Å²) in [5.41, 5.74) is 1.07. The molecule has 1 aromatic rings. The molecule has 1 N–H and O–H groups in total. The third-order valence-electron chi connectivity index (χ3n) is 5.09. The maximum Gasteiger partial charge on any atom is 0.407 e. The van der Waals surface area contributed by atoms with Crippen LogP contribution in [0.1, 0.15) is 24.8 Å². The number of benzene rings is 1. The van der Waals surface area contributed by atoms with Gasteiger partial charge in [0.25, 0.3) is 0 Å². The fraction of sp³-hybridized carbons (Fsp3) is 0.526. The largest absolute Gasteiger partial charge is 0.453 e. The van der Waals surface area contributed by atoms with Crippen LogP contribution in [0.3, 0.4) is 0 Å². The summed E-state index contributed by atoms with van der Waals surface area (Å²) in [4.78, 5) is 39.9. The van der Waals surface area contributed by atoms with Crippen LogP contribution in [0.15, 0.2) is 30.3 Å². The van der Waals surface area contributed by atoms with Crippen molar-refractivity contribution in [3.63, 3.8) is 0 Å². The van der Waals surface area contributed by atoms with E-state index in [0.717, 1.165) is 5.56 Å².